The molecule has 3 aromatic rings. The van der Waals surface area contributed by atoms with Crippen molar-refractivity contribution in [2.24, 2.45) is 0 Å². The van der Waals surface area contributed by atoms with Crippen molar-refractivity contribution in [2.75, 3.05) is 13.1 Å². The van der Waals surface area contributed by atoms with Crippen molar-refractivity contribution in [2.45, 2.75) is 65.5 Å². The number of carbonyl (C=O) groups excluding carboxylic acids is 2. The predicted molar refractivity (Wildman–Crippen MR) is 140 cm³/mol. The maximum Gasteiger partial charge on any atom is 0.255 e. The average Bonchev–Trinajstić information content (AvgIpc) is 3.55. The van der Waals surface area contributed by atoms with E-state index in [1.165, 1.54) is 0 Å². The van der Waals surface area contributed by atoms with Gasteiger partial charge in [0.2, 0.25) is 5.91 Å². The molecular weight excluding hydrogens is 454 g/mol. The van der Waals surface area contributed by atoms with Crippen molar-refractivity contribution in [3.05, 3.63) is 68.8 Å². The molecular formula is C28H33N5O3. The van der Waals surface area contributed by atoms with Gasteiger partial charge in [-0.05, 0) is 68.0 Å². The molecule has 8 heteroatoms. The third-order valence-electron chi connectivity index (χ3n) is 7.66. The van der Waals surface area contributed by atoms with Crippen LogP contribution in [0.3, 0.4) is 0 Å². The van der Waals surface area contributed by atoms with Crippen LogP contribution in [0.5, 0.6) is 0 Å². The van der Waals surface area contributed by atoms with Gasteiger partial charge in [-0.2, -0.15) is 5.10 Å². The first-order valence-corrected chi connectivity index (χ1v) is 12.7. The molecule has 2 amide bonds. The van der Waals surface area contributed by atoms with Crippen molar-refractivity contribution in [3.8, 4) is 0 Å². The van der Waals surface area contributed by atoms with E-state index < -0.39 is 0 Å². The molecule has 1 saturated carbocycles. The summed E-state index contributed by atoms with van der Waals surface area (Å²) in [5.74, 6) is -0.00456. The van der Waals surface area contributed by atoms with Gasteiger partial charge in [0.05, 0.1) is 23.8 Å². The molecule has 188 valence electrons. The number of aromatic amines is 2. The van der Waals surface area contributed by atoms with E-state index in [-0.39, 0.29) is 30.0 Å². The zero-order valence-electron chi connectivity index (χ0n) is 21.2. The largest absolute Gasteiger partial charge is 0.339 e. The summed E-state index contributed by atoms with van der Waals surface area (Å²) in [6, 6.07) is 6.05. The number of nitrogens with one attached hydrogen (secondary N) is 2. The van der Waals surface area contributed by atoms with Gasteiger partial charge in [-0.3, -0.25) is 19.5 Å². The molecule has 2 aliphatic rings. The van der Waals surface area contributed by atoms with E-state index in [2.05, 4.69) is 21.3 Å². The third kappa shape index (κ3) is 4.59. The standard InChI is InChI=1S/C28H33N5O3/c1-17-12-18(2)30-27(35)25(17)16-33(22-6-4-5-7-22)28(36)23-13-21(14-26-24(23)15-29-31-26)20-8-10-32(11-9-20)19(3)34/h8,12-15,22H,4-7,9-11,16H2,1-3H3,(H,29,31)(H,30,35). The Morgan fingerprint density at radius 2 is 1.94 bits per heavy atom. The maximum atomic E-state index is 14.2. The van der Waals surface area contributed by atoms with Crippen LogP contribution in [0.15, 0.2) is 35.3 Å². The molecule has 1 aliphatic heterocycles. The summed E-state index contributed by atoms with van der Waals surface area (Å²) >= 11 is 0. The first-order chi connectivity index (χ1) is 17.3. The lowest BCUT2D eigenvalue weighted by molar-refractivity contribution is -0.128. The fourth-order valence-electron chi connectivity index (χ4n) is 5.62. The molecule has 0 unspecified atom stereocenters. The summed E-state index contributed by atoms with van der Waals surface area (Å²) in [6.07, 6.45) is 8.55. The molecule has 36 heavy (non-hydrogen) atoms. The monoisotopic (exact) mass is 487 g/mol. The van der Waals surface area contributed by atoms with Gasteiger partial charge >= 0.3 is 0 Å². The number of aryl methyl sites for hydroxylation is 2. The Bertz CT molecular complexity index is 1410. The number of amides is 2. The highest BCUT2D eigenvalue weighted by Crippen LogP contribution is 2.31. The van der Waals surface area contributed by atoms with Gasteiger partial charge in [-0.15, -0.1) is 0 Å². The lowest BCUT2D eigenvalue weighted by Crippen LogP contribution is -2.40. The van der Waals surface area contributed by atoms with E-state index >= 15 is 0 Å². The van der Waals surface area contributed by atoms with E-state index in [9.17, 15) is 14.4 Å². The minimum atomic E-state index is -0.132. The van der Waals surface area contributed by atoms with Crippen molar-refractivity contribution in [1.29, 1.82) is 0 Å². The normalized spacial score (nSPS) is 16.4. The van der Waals surface area contributed by atoms with Crippen LogP contribution >= 0.6 is 0 Å². The fraction of sp³-hybridized carbons (Fsp3) is 0.429. The number of aromatic nitrogens is 3. The molecule has 0 spiro atoms. The second-order valence-corrected chi connectivity index (χ2v) is 10.1. The summed E-state index contributed by atoms with van der Waals surface area (Å²) in [7, 11) is 0. The van der Waals surface area contributed by atoms with Crippen LogP contribution in [0.1, 0.15) is 71.8 Å². The second kappa shape index (κ2) is 9.76. The summed E-state index contributed by atoms with van der Waals surface area (Å²) in [5, 5.41) is 8.04. The van der Waals surface area contributed by atoms with E-state index in [0.29, 0.717) is 24.2 Å². The van der Waals surface area contributed by atoms with E-state index in [0.717, 1.165) is 65.4 Å². The molecule has 1 aliphatic carbocycles. The van der Waals surface area contributed by atoms with Crippen LogP contribution in [0.4, 0.5) is 0 Å². The molecule has 0 radical (unpaired) electrons. The van der Waals surface area contributed by atoms with Crippen LogP contribution in [-0.4, -0.2) is 55.9 Å². The summed E-state index contributed by atoms with van der Waals surface area (Å²) < 4.78 is 0. The molecule has 1 aromatic carbocycles. The number of nitrogens with zero attached hydrogens (tertiary/aromatic N) is 3. The van der Waals surface area contributed by atoms with E-state index in [1.807, 2.05) is 41.8 Å². The van der Waals surface area contributed by atoms with E-state index in [1.54, 1.807) is 13.1 Å². The van der Waals surface area contributed by atoms with Gasteiger partial charge in [0.25, 0.3) is 11.5 Å². The van der Waals surface area contributed by atoms with Crippen molar-refractivity contribution in [1.82, 2.24) is 25.0 Å². The van der Waals surface area contributed by atoms with Crippen molar-refractivity contribution < 1.29 is 9.59 Å². The van der Waals surface area contributed by atoms with Gasteiger partial charge in [0.15, 0.2) is 0 Å². The highest BCUT2D eigenvalue weighted by Gasteiger charge is 2.30. The molecule has 2 N–H and O–H groups in total. The lowest BCUT2D eigenvalue weighted by Gasteiger charge is -2.30. The van der Waals surface area contributed by atoms with Crippen LogP contribution in [0.2, 0.25) is 0 Å². The fourth-order valence-corrected chi connectivity index (χ4v) is 5.62. The van der Waals surface area contributed by atoms with Gasteiger partial charge in [-0.25, -0.2) is 0 Å². The number of rotatable bonds is 5. The van der Waals surface area contributed by atoms with Crippen LogP contribution < -0.4 is 5.56 Å². The zero-order chi connectivity index (χ0) is 25.4. The van der Waals surface area contributed by atoms with Gasteiger partial charge in [0, 0.05) is 42.7 Å². The summed E-state index contributed by atoms with van der Waals surface area (Å²) in [4.78, 5) is 45.4. The minimum Gasteiger partial charge on any atom is -0.339 e. The zero-order valence-corrected chi connectivity index (χ0v) is 21.2. The molecule has 5 rings (SSSR count). The maximum absolute atomic E-state index is 14.2. The Morgan fingerprint density at radius 1 is 1.17 bits per heavy atom. The van der Waals surface area contributed by atoms with Crippen molar-refractivity contribution in [3.63, 3.8) is 0 Å². The lowest BCUT2D eigenvalue weighted by atomic mass is 9.95. The Labute approximate surface area is 210 Å². The Morgan fingerprint density at radius 3 is 2.61 bits per heavy atom. The molecule has 1 fully saturated rings. The summed E-state index contributed by atoms with van der Waals surface area (Å²) in [6.45, 7) is 6.90. The van der Waals surface area contributed by atoms with E-state index in [4.69, 9.17) is 0 Å². The number of fused-ring (bicyclic) bond motifs is 1. The smallest absolute Gasteiger partial charge is 0.255 e. The Balaban J connectivity index is 1.54. The summed E-state index contributed by atoms with van der Waals surface area (Å²) in [5.41, 5.74) is 5.72. The second-order valence-electron chi connectivity index (χ2n) is 10.1. The van der Waals surface area contributed by atoms with Gasteiger partial charge in [0.1, 0.15) is 0 Å². The molecule has 0 saturated heterocycles. The highest BCUT2D eigenvalue weighted by atomic mass is 16.2. The minimum absolute atomic E-state index is 0.0683. The topological polar surface area (TPSA) is 102 Å². The van der Waals surface area contributed by atoms with Gasteiger partial charge in [-0.1, -0.05) is 18.9 Å². The first-order valence-electron chi connectivity index (χ1n) is 12.7. The van der Waals surface area contributed by atoms with Crippen LogP contribution in [0, 0.1) is 13.8 Å². The molecule has 8 nitrogen and oxygen atoms in total. The SMILES string of the molecule is CC(=O)N1CC=C(c2cc(C(=O)N(Cc3c(C)cc(C)[nH]c3=O)C3CCCC3)c3cn[nH]c3c2)CC1. The number of hydrogen-bond donors (Lipinski definition) is 2. The Kier molecular flexibility index (Phi) is 6.51. The molecule has 0 bridgehead atoms. The number of benzene rings is 1. The Hall–Kier alpha value is -3.68. The number of carbonyl (C=O) groups is 2. The number of H-pyrrole nitrogens is 2. The van der Waals surface area contributed by atoms with Crippen molar-refractivity contribution >= 4 is 28.3 Å². The molecule has 2 aromatic heterocycles. The molecule has 0 atom stereocenters. The quantitative estimate of drug-likeness (QED) is 0.566. The number of hydrogen-bond acceptors (Lipinski definition) is 4. The predicted octanol–water partition coefficient (Wildman–Crippen LogP) is 4.09. The average molecular weight is 488 g/mol. The highest BCUT2D eigenvalue weighted by molar-refractivity contribution is 6.07. The van der Waals surface area contributed by atoms with Gasteiger partial charge < -0.3 is 14.8 Å². The first kappa shape index (κ1) is 24.0. The third-order valence-corrected chi connectivity index (χ3v) is 7.66. The van der Waals surface area contributed by atoms with Crippen LogP contribution in [0.25, 0.3) is 16.5 Å². The molecule has 3 heterocycles. The van der Waals surface area contributed by atoms with Crippen LogP contribution in [-0.2, 0) is 11.3 Å². The number of pyridine rings is 1.